The number of aryl methyl sites for hydroxylation is 1. The lowest BCUT2D eigenvalue weighted by Crippen LogP contribution is -2.28. The summed E-state index contributed by atoms with van der Waals surface area (Å²) in [5.74, 6) is 1.07. The number of aromatic nitrogens is 2. The smallest absolute Gasteiger partial charge is 0.339 e. The van der Waals surface area contributed by atoms with Crippen LogP contribution in [-0.4, -0.2) is 36.3 Å². The summed E-state index contributed by atoms with van der Waals surface area (Å²) in [5, 5.41) is 3.95. The largest absolute Gasteiger partial charge is 0.497 e. The highest BCUT2D eigenvalue weighted by atomic mass is 16.5. The monoisotopic (exact) mass is 498 g/mol. The molecule has 37 heavy (non-hydrogen) atoms. The van der Waals surface area contributed by atoms with Gasteiger partial charge in [0.2, 0.25) is 5.95 Å². The number of hydrogen-bond donors (Lipinski definition) is 1. The van der Waals surface area contributed by atoms with E-state index in [2.05, 4.69) is 22.3 Å². The molecule has 8 nitrogen and oxygen atoms in total. The molecule has 0 unspecified atom stereocenters. The normalized spacial score (nSPS) is 12.5. The molecule has 1 aliphatic rings. The first-order valence-corrected chi connectivity index (χ1v) is 12.2. The van der Waals surface area contributed by atoms with Gasteiger partial charge in [0.15, 0.2) is 0 Å². The van der Waals surface area contributed by atoms with Crippen LogP contribution in [0.5, 0.6) is 5.75 Å². The Balaban J connectivity index is 1.46. The molecule has 2 heterocycles. The number of anilines is 2. The number of esters is 1. The van der Waals surface area contributed by atoms with Crippen LogP contribution in [0.3, 0.4) is 0 Å². The average molecular weight is 499 g/mol. The van der Waals surface area contributed by atoms with E-state index in [9.17, 15) is 9.59 Å². The highest BCUT2D eigenvalue weighted by molar-refractivity contribution is 5.95. The number of rotatable bonds is 7. The van der Waals surface area contributed by atoms with Gasteiger partial charge < -0.3 is 19.7 Å². The minimum Gasteiger partial charge on any atom is -0.497 e. The highest BCUT2D eigenvalue weighted by Crippen LogP contribution is 2.30. The van der Waals surface area contributed by atoms with Crippen molar-refractivity contribution in [2.75, 3.05) is 31.0 Å². The number of nitrogens with one attached hydrogen (secondary N) is 1. The summed E-state index contributed by atoms with van der Waals surface area (Å²) >= 11 is 0. The van der Waals surface area contributed by atoms with E-state index in [0.717, 1.165) is 16.9 Å². The molecule has 1 aliphatic heterocycles. The van der Waals surface area contributed by atoms with Crippen molar-refractivity contribution in [2.45, 2.75) is 26.4 Å². The van der Waals surface area contributed by atoms with Crippen molar-refractivity contribution < 1.29 is 14.3 Å². The van der Waals surface area contributed by atoms with Gasteiger partial charge in [-0.3, -0.25) is 9.36 Å². The Morgan fingerprint density at radius 2 is 1.84 bits per heavy atom. The van der Waals surface area contributed by atoms with Crippen molar-refractivity contribution in [3.8, 4) is 5.75 Å². The van der Waals surface area contributed by atoms with E-state index in [4.69, 9.17) is 14.5 Å². The lowest BCUT2D eigenvalue weighted by Gasteiger charge is -2.21. The van der Waals surface area contributed by atoms with Crippen LogP contribution in [0.4, 0.5) is 11.6 Å². The zero-order valence-electron chi connectivity index (χ0n) is 21.5. The number of hydrogen-bond acceptors (Lipinski definition) is 7. The minimum atomic E-state index is -0.386. The van der Waals surface area contributed by atoms with E-state index in [-0.39, 0.29) is 11.5 Å². The molecule has 0 spiro atoms. The van der Waals surface area contributed by atoms with Crippen LogP contribution < -0.4 is 20.5 Å². The molecule has 0 saturated heterocycles. The fraction of sp³-hybridized carbons (Fsp3) is 0.276. The zero-order chi connectivity index (χ0) is 26.1. The maximum atomic E-state index is 13.4. The molecular formula is C29H30N4O4. The summed E-state index contributed by atoms with van der Waals surface area (Å²) in [5.41, 5.74) is 6.20. The second-order valence-electron chi connectivity index (χ2n) is 9.30. The quantitative estimate of drug-likeness (QED) is 0.382. The molecule has 0 saturated carbocycles. The van der Waals surface area contributed by atoms with Gasteiger partial charge >= 0.3 is 5.97 Å². The second-order valence-corrected chi connectivity index (χ2v) is 9.30. The Kier molecular flexibility index (Phi) is 6.56. The summed E-state index contributed by atoms with van der Waals surface area (Å²) in [4.78, 5) is 32.7. The molecule has 0 fully saturated rings. The van der Waals surface area contributed by atoms with Crippen molar-refractivity contribution in [3.63, 3.8) is 0 Å². The van der Waals surface area contributed by atoms with Gasteiger partial charge in [-0.1, -0.05) is 24.3 Å². The lowest BCUT2D eigenvalue weighted by molar-refractivity contribution is 0.0602. The molecule has 0 atom stereocenters. The lowest BCUT2D eigenvalue weighted by atomic mass is 10.0. The van der Waals surface area contributed by atoms with Crippen molar-refractivity contribution in [1.82, 2.24) is 9.55 Å². The summed E-state index contributed by atoms with van der Waals surface area (Å²) in [6.45, 7) is 3.89. The van der Waals surface area contributed by atoms with Crippen LogP contribution >= 0.6 is 0 Å². The van der Waals surface area contributed by atoms with Gasteiger partial charge in [-0.25, -0.2) is 9.78 Å². The molecule has 0 amide bonds. The molecule has 8 heteroatoms. The molecule has 3 aromatic carbocycles. The summed E-state index contributed by atoms with van der Waals surface area (Å²) < 4.78 is 11.9. The summed E-state index contributed by atoms with van der Waals surface area (Å²) in [7, 11) is 4.81. The number of para-hydroxylation sites is 1. The van der Waals surface area contributed by atoms with Gasteiger partial charge in [-0.05, 0) is 65.9 Å². The van der Waals surface area contributed by atoms with Gasteiger partial charge in [0.25, 0.3) is 5.56 Å². The number of fused-ring (bicyclic) bond motifs is 2. The van der Waals surface area contributed by atoms with Crippen LogP contribution in [0.15, 0.2) is 59.4 Å². The Hall–Kier alpha value is -4.33. The van der Waals surface area contributed by atoms with Crippen LogP contribution in [-0.2, 0) is 31.3 Å². The van der Waals surface area contributed by atoms with Crippen LogP contribution in [0, 0.1) is 6.92 Å². The van der Waals surface area contributed by atoms with Gasteiger partial charge in [-0.15, -0.1) is 0 Å². The predicted molar refractivity (Wildman–Crippen MR) is 145 cm³/mol. The molecule has 0 aliphatic carbocycles. The van der Waals surface area contributed by atoms with Crippen LogP contribution in [0.25, 0.3) is 10.9 Å². The average Bonchev–Trinajstić information content (AvgIpc) is 3.33. The van der Waals surface area contributed by atoms with Gasteiger partial charge in [0, 0.05) is 32.4 Å². The van der Waals surface area contributed by atoms with Gasteiger partial charge in [0.05, 0.1) is 30.7 Å². The first-order valence-electron chi connectivity index (χ1n) is 12.2. The van der Waals surface area contributed by atoms with E-state index >= 15 is 0 Å². The summed E-state index contributed by atoms with van der Waals surface area (Å²) in [6, 6.07) is 17.3. The Morgan fingerprint density at radius 3 is 2.62 bits per heavy atom. The SMILES string of the molecule is COC(=O)c1ccccc1NCCc1cc(C)cc2c(=O)n(C)c(N3Cc4ccc(OC)cc4C3)nc12. The van der Waals surface area contributed by atoms with Gasteiger partial charge in [0.1, 0.15) is 5.75 Å². The number of benzene rings is 3. The van der Waals surface area contributed by atoms with E-state index < -0.39 is 0 Å². The van der Waals surface area contributed by atoms with Crippen LogP contribution in [0.2, 0.25) is 0 Å². The standard InChI is InChI=1S/C29H30N4O4/c1-18-13-19(11-12-30-25-8-6-5-7-23(25)28(35)37-4)26-24(14-18)27(34)32(2)29(31-26)33-16-20-9-10-22(36-3)15-21(20)17-33/h5-10,13-15,30H,11-12,16-17H2,1-4H3. The van der Waals surface area contributed by atoms with Gasteiger partial charge in [-0.2, -0.15) is 0 Å². The molecule has 1 N–H and O–H groups in total. The zero-order valence-corrected chi connectivity index (χ0v) is 21.5. The maximum Gasteiger partial charge on any atom is 0.339 e. The molecule has 1 aromatic heterocycles. The fourth-order valence-corrected chi connectivity index (χ4v) is 4.97. The third-order valence-corrected chi connectivity index (χ3v) is 6.84. The number of methoxy groups -OCH3 is 2. The third-order valence-electron chi connectivity index (χ3n) is 6.84. The summed E-state index contributed by atoms with van der Waals surface area (Å²) in [6.07, 6.45) is 0.630. The van der Waals surface area contributed by atoms with Crippen molar-refractivity contribution >= 4 is 28.5 Å². The minimum absolute atomic E-state index is 0.0671. The predicted octanol–water partition coefficient (Wildman–Crippen LogP) is 4.21. The number of ether oxygens (including phenoxy) is 2. The Bertz CT molecular complexity index is 1560. The Labute approximate surface area is 215 Å². The second kappa shape index (κ2) is 9.97. The number of carbonyl (C=O) groups is 1. The van der Waals surface area contributed by atoms with E-state index in [1.165, 1.54) is 18.2 Å². The fourth-order valence-electron chi connectivity index (χ4n) is 4.97. The first-order chi connectivity index (χ1) is 17.9. The molecule has 0 bridgehead atoms. The maximum absolute atomic E-state index is 13.4. The first kappa shape index (κ1) is 24.4. The van der Waals surface area contributed by atoms with Crippen molar-refractivity contribution in [1.29, 1.82) is 0 Å². The van der Waals surface area contributed by atoms with E-state index in [1.807, 2.05) is 37.3 Å². The highest BCUT2D eigenvalue weighted by Gasteiger charge is 2.24. The Morgan fingerprint density at radius 1 is 1.05 bits per heavy atom. The van der Waals surface area contributed by atoms with Crippen LogP contribution in [0.1, 0.15) is 32.6 Å². The van der Waals surface area contributed by atoms with E-state index in [1.54, 1.807) is 30.9 Å². The molecular weight excluding hydrogens is 468 g/mol. The molecule has 190 valence electrons. The third kappa shape index (κ3) is 4.62. The van der Waals surface area contributed by atoms with Crippen molar-refractivity contribution in [2.24, 2.45) is 7.05 Å². The molecule has 5 rings (SSSR count). The van der Waals surface area contributed by atoms with Crippen molar-refractivity contribution in [3.05, 3.63) is 92.8 Å². The molecule has 4 aromatic rings. The molecule has 0 radical (unpaired) electrons. The number of carbonyl (C=O) groups excluding carboxylic acids is 1. The number of nitrogens with zero attached hydrogens (tertiary/aromatic N) is 3. The topological polar surface area (TPSA) is 85.7 Å². The van der Waals surface area contributed by atoms with E-state index in [0.29, 0.717) is 54.2 Å².